The van der Waals surface area contributed by atoms with Crippen molar-refractivity contribution >= 4 is 0 Å². The summed E-state index contributed by atoms with van der Waals surface area (Å²) < 4.78 is 11.7. The fraction of sp³-hybridized carbons (Fsp3) is 0.714. The molecule has 1 N–H and O–H groups in total. The van der Waals surface area contributed by atoms with E-state index in [-0.39, 0.29) is 11.7 Å². The molecule has 0 bridgehead atoms. The Labute approximate surface area is 109 Å². The number of rotatable bonds is 4. The van der Waals surface area contributed by atoms with E-state index in [0.717, 1.165) is 37.7 Å². The second-order valence-electron chi connectivity index (χ2n) is 5.76. The molecule has 1 unspecified atom stereocenters. The Morgan fingerprint density at radius 1 is 1.39 bits per heavy atom. The van der Waals surface area contributed by atoms with E-state index in [1.807, 2.05) is 13.1 Å². The van der Waals surface area contributed by atoms with Crippen molar-refractivity contribution in [3.8, 4) is 0 Å². The van der Waals surface area contributed by atoms with Crippen LogP contribution in [0.3, 0.4) is 0 Å². The number of ether oxygens (including phenoxy) is 1. The lowest BCUT2D eigenvalue weighted by Gasteiger charge is -2.41. The van der Waals surface area contributed by atoms with Gasteiger partial charge in [-0.1, -0.05) is 0 Å². The Morgan fingerprint density at radius 3 is 2.78 bits per heavy atom. The summed E-state index contributed by atoms with van der Waals surface area (Å²) in [6.45, 7) is 9.97. The van der Waals surface area contributed by atoms with Gasteiger partial charge in [0, 0.05) is 13.1 Å². The van der Waals surface area contributed by atoms with Gasteiger partial charge in [0.25, 0.3) is 0 Å². The van der Waals surface area contributed by atoms with Crippen LogP contribution in [0.5, 0.6) is 0 Å². The zero-order valence-electron chi connectivity index (χ0n) is 11.8. The smallest absolute Gasteiger partial charge is 0.118 e. The van der Waals surface area contributed by atoms with E-state index in [4.69, 9.17) is 9.15 Å². The SMILES string of the molecule is CNCc1ccc(CN2CC(C)OC(C)(C)C2)o1. The van der Waals surface area contributed by atoms with Crippen LogP contribution in [0.4, 0.5) is 0 Å². The quantitative estimate of drug-likeness (QED) is 0.889. The van der Waals surface area contributed by atoms with Crippen LogP contribution in [0.15, 0.2) is 16.5 Å². The molecule has 0 spiro atoms. The van der Waals surface area contributed by atoms with Crippen molar-refractivity contribution in [3.63, 3.8) is 0 Å². The number of hydrogen-bond acceptors (Lipinski definition) is 4. The summed E-state index contributed by atoms with van der Waals surface area (Å²) in [6.07, 6.45) is 0.278. The molecule has 102 valence electrons. The van der Waals surface area contributed by atoms with Crippen molar-refractivity contribution in [1.82, 2.24) is 10.2 Å². The van der Waals surface area contributed by atoms with E-state index in [1.165, 1.54) is 0 Å². The highest BCUT2D eigenvalue weighted by atomic mass is 16.5. The molecule has 4 nitrogen and oxygen atoms in total. The second-order valence-corrected chi connectivity index (χ2v) is 5.76. The molecule has 1 saturated heterocycles. The first-order chi connectivity index (χ1) is 8.48. The Balaban J connectivity index is 1.95. The lowest BCUT2D eigenvalue weighted by atomic mass is 10.1. The van der Waals surface area contributed by atoms with Crippen LogP contribution in [-0.2, 0) is 17.8 Å². The standard InChI is InChI=1S/C14H24N2O2/c1-11-8-16(10-14(2,3)18-11)9-13-6-5-12(17-13)7-15-4/h5-6,11,15H,7-10H2,1-4H3. The molecular weight excluding hydrogens is 228 g/mol. The Morgan fingerprint density at radius 2 is 2.11 bits per heavy atom. The molecular formula is C14H24N2O2. The number of morpholine rings is 1. The number of nitrogens with one attached hydrogen (secondary N) is 1. The van der Waals surface area contributed by atoms with Crippen LogP contribution in [0, 0.1) is 0 Å². The zero-order chi connectivity index (χ0) is 13.2. The van der Waals surface area contributed by atoms with Crippen LogP contribution < -0.4 is 5.32 Å². The summed E-state index contributed by atoms with van der Waals surface area (Å²) in [5.74, 6) is 2.03. The van der Waals surface area contributed by atoms with Crippen molar-refractivity contribution in [2.45, 2.75) is 45.6 Å². The van der Waals surface area contributed by atoms with Crippen LogP contribution in [0.25, 0.3) is 0 Å². The van der Waals surface area contributed by atoms with E-state index in [1.54, 1.807) is 0 Å². The highest BCUT2D eigenvalue weighted by Gasteiger charge is 2.31. The summed E-state index contributed by atoms with van der Waals surface area (Å²) >= 11 is 0. The maximum Gasteiger partial charge on any atom is 0.118 e. The van der Waals surface area contributed by atoms with Gasteiger partial charge in [-0.25, -0.2) is 0 Å². The normalized spacial score (nSPS) is 24.3. The number of nitrogens with zero attached hydrogens (tertiary/aromatic N) is 1. The molecule has 18 heavy (non-hydrogen) atoms. The summed E-state index contributed by atoms with van der Waals surface area (Å²) in [7, 11) is 1.92. The maximum absolute atomic E-state index is 5.90. The second kappa shape index (κ2) is 5.43. The van der Waals surface area contributed by atoms with Gasteiger partial charge in [0.1, 0.15) is 11.5 Å². The third kappa shape index (κ3) is 3.57. The van der Waals surface area contributed by atoms with E-state index in [9.17, 15) is 0 Å². The van der Waals surface area contributed by atoms with Crippen LogP contribution in [0.1, 0.15) is 32.3 Å². The van der Waals surface area contributed by atoms with Crippen LogP contribution in [0.2, 0.25) is 0 Å². The van der Waals surface area contributed by atoms with Gasteiger partial charge >= 0.3 is 0 Å². The lowest BCUT2D eigenvalue weighted by molar-refractivity contribution is -0.131. The van der Waals surface area contributed by atoms with Crippen LogP contribution in [-0.4, -0.2) is 36.7 Å². The Kier molecular flexibility index (Phi) is 4.10. The third-order valence-electron chi connectivity index (χ3n) is 3.09. The summed E-state index contributed by atoms with van der Waals surface area (Å²) in [5.41, 5.74) is -0.0714. The molecule has 1 aliphatic heterocycles. The molecule has 0 aliphatic carbocycles. The topological polar surface area (TPSA) is 37.6 Å². The van der Waals surface area contributed by atoms with Gasteiger partial charge < -0.3 is 14.5 Å². The van der Waals surface area contributed by atoms with E-state index < -0.39 is 0 Å². The summed E-state index contributed by atoms with van der Waals surface area (Å²) in [5, 5.41) is 3.09. The summed E-state index contributed by atoms with van der Waals surface area (Å²) in [6, 6.07) is 4.11. The van der Waals surface area contributed by atoms with Gasteiger partial charge in [0.05, 0.1) is 24.8 Å². The van der Waals surface area contributed by atoms with E-state index >= 15 is 0 Å². The van der Waals surface area contributed by atoms with Crippen molar-refractivity contribution in [1.29, 1.82) is 0 Å². The third-order valence-corrected chi connectivity index (χ3v) is 3.09. The van der Waals surface area contributed by atoms with Gasteiger partial charge in [-0.05, 0) is 40.0 Å². The van der Waals surface area contributed by atoms with Gasteiger partial charge in [-0.2, -0.15) is 0 Å². The van der Waals surface area contributed by atoms with Gasteiger partial charge in [-0.15, -0.1) is 0 Å². The molecule has 0 aromatic carbocycles. The molecule has 2 rings (SSSR count). The largest absolute Gasteiger partial charge is 0.463 e. The monoisotopic (exact) mass is 252 g/mol. The fourth-order valence-corrected chi connectivity index (χ4v) is 2.70. The zero-order valence-corrected chi connectivity index (χ0v) is 11.8. The molecule has 1 aliphatic rings. The Bertz CT molecular complexity index is 387. The van der Waals surface area contributed by atoms with Gasteiger partial charge in [0.15, 0.2) is 0 Å². The Hall–Kier alpha value is -0.840. The van der Waals surface area contributed by atoms with Crippen molar-refractivity contribution < 1.29 is 9.15 Å². The molecule has 0 radical (unpaired) electrons. The molecule has 2 heterocycles. The first-order valence-electron chi connectivity index (χ1n) is 6.61. The maximum atomic E-state index is 5.90. The van der Waals surface area contributed by atoms with Crippen LogP contribution >= 0.6 is 0 Å². The van der Waals surface area contributed by atoms with Crippen molar-refractivity contribution in [2.75, 3.05) is 20.1 Å². The summed E-state index contributed by atoms with van der Waals surface area (Å²) in [4.78, 5) is 2.40. The predicted octanol–water partition coefficient (Wildman–Crippen LogP) is 2.00. The predicted molar refractivity (Wildman–Crippen MR) is 71.4 cm³/mol. The van der Waals surface area contributed by atoms with E-state index in [0.29, 0.717) is 0 Å². The molecule has 1 aromatic heterocycles. The minimum Gasteiger partial charge on any atom is -0.463 e. The molecule has 1 aromatic rings. The number of hydrogen-bond donors (Lipinski definition) is 1. The van der Waals surface area contributed by atoms with Gasteiger partial charge in [-0.3, -0.25) is 4.90 Å². The number of furan rings is 1. The molecule has 1 fully saturated rings. The van der Waals surface area contributed by atoms with Gasteiger partial charge in [0.2, 0.25) is 0 Å². The first kappa shape index (κ1) is 13.6. The highest BCUT2D eigenvalue weighted by molar-refractivity contribution is 5.07. The minimum absolute atomic E-state index is 0.0714. The average molecular weight is 252 g/mol. The fourth-order valence-electron chi connectivity index (χ4n) is 2.70. The highest BCUT2D eigenvalue weighted by Crippen LogP contribution is 2.22. The molecule has 0 saturated carbocycles. The minimum atomic E-state index is -0.0714. The van der Waals surface area contributed by atoms with Crippen molar-refractivity contribution in [3.05, 3.63) is 23.7 Å². The molecule has 1 atom stereocenters. The van der Waals surface area contributed by atoms with Crippen molar-refractivity contribution in [2.24, 2.45) is 0 Å². The lowest BCUT2D eigenvalue weighted by Crippen LogP contribution is -2.51. The average Bonchev–Trinajstić information content (AvgIpc) is 2.62. The first-order valence-corrected chi connectivity index (χ1v) is 6.61. The van der Waals surface area contributed by atoms with E-state index in [2.05, 4.69) is 37.1 Å². The molecule has 4 heteroatoms. The molecule has 0 amide bonds.